The molecule has 0 bridgehead atoms. The van der Waals surface area contributed by atoms with Gasteiger partial charge in [0.15, 0.2) is 0 Å². The van der Waals surface area contributed by atoms with Crippen LogP contribution >= 0.6 is 0 Å². The van der Waals surface area contributed by atoms with E-state index in [0.717, 1.165) is 57.8 Å². The number of allylic oxidation sites excluding steroid dienone is 5. The summed E-state index contributed by atoms with van der Waals surface area (Å²) in [6.45, 7) is 4.84. The third-order valence-electron chi connectivity index (χ3n) is 12.1. The molecule has 2 atom stereocenters. The van der Waals surface area contributed by atoms with Crippen molar-refractivity contribution in [2.24, 2.45) is 0 Å². The highest BCUT2D eigenvalue weighted by Crippen LogP contribution is 2.15. The fourth-order valence-corrected chi connectivity index (χ4v) is 7.97. The van der Waals surface area contributed by atoms with Crippen molar-refractivity contribution in [3.8, 4) is 0 Å². The first-order chi connectivity index (χ1) is 30.0. The van der Waals surface area contributed by atoms with Gasteiger partial charge in [0.1, 0.15) is 0 Å². The van der Waals surface area contributed by atoms with Crippen LogP contribution in [0.3, 0.4) is 0 Å². The number of aliphatic hydroxyl groups is 2. The van der Waals surface area contributed by atoms with Crippen molar-refractivity contribution in [3.05, 3.63) is 36.5 Å². The van der Waals surface area contributed by atoms with Gasteiger partial charge in [0.2, 0.25) is 5.91 Å². The second-order valence-corrected chi connectivity index (χ2v) is 18.2. The Morgan fingerprint density at radius 3 is 1.16 bits per heavy atom. The molecule has 61 heavy (non-hydrogen) atoms. The van der Waals surface area contributed by atoms with E-state index in [2.05, 4.69) is 43.5 Å². The van der Waals surface area contributed by atoms with Crippen LogP contribution in [0.5, 0.6) is 0 Å². The number of amides is 1. The Bertz CT molecular complexity index is 993. The van der Waals surface area contributed by atoms with Crippen molar-refractivity contribution in [2.45, 2.75) is 289 Å². The average molecular weight is 858 g/mol. The minimum atomic E-state index is -0.850. The molecule has 0 aliphatic carbocycles. The molecule has 0 aromatic rings. The lowest BCUT2D eigenvalue weighted by Gasteiger charge is -2.20. The second kappa shape index (κ2) is 50.7. The molecule has 2 unspecified atom stereocenters. The molecule has 0 saturated carbocycles. The number of carbonyl (C=O) groups excluding carboxylic acids is 2. The lowest BCUT2D eigenvalue weighted by atomic mass is 10.1. The topological polar surface area (TPSA) is 95.9 Å². The molecular formula is C55H103NO5. The van der Waals surface area contributed by atoms with Gasteiger partial charge in [-0.25, -0.2) is 0 Å². The Labute approximate surface area is 379 Å². The number of esters is 1. The molecule has 0 rings (SSSR count). The summed E-state index contributed by atoms with van der Waals surface area (Å²) < 4.78 is 5.47. The molecule has 6 nitrogen and oxygen atoms in total. The van der Waals surface area contributed by atoms with Crippen LogP contribution in [0.2, 0.25) is 0 Å². The molecule has 1 amide bonds. The molecule has 0 aromatic heterocycles. The molecule has 0 radical (unpaired) electrons. The SMILES string of the molecule is CCCCCCCCC/C=C\CCCCCCCCCC(=O)OCCCCCCCC/C=C\CCCCCCCCCC(=O)NC(CO)C(O)/C=C/CCCCCCCCC. The smallest absolute Gasteiger partial charge is 0.305 e. The van der Waals surface area contributed by atoms with E-state index >= 15 is 0 Å². The number of ether oxygens (including phenoxy) is 1. The summed E-state index contributed by atoms with van der Waals surface area (Å²) in [5.74, 6) is -0.0901. The maximum absolute atomic E-state index is 12.4. The summed E-state index contributed by atoms with van der Waals surface area (Å²) in [5, 5.41) is 22.9. The predicted molar refractivity (Wildman–Crippen MR) is 264 cm³/mol. The third-order valence-corrected chi connectivity index (χ3v) is 12.1. The van der Waals surface area contributed by atoms with E-state index in [1.807, 2.05) is 6.08 Å². The lowest BCUT2D eigenvalue weighted by Crippen LogP contribution is -2.45. The van der Waals surface area contributed by atoms with Crippen LogP contribution in [-0.2, 0) is 14.3 Å². The largest absolute Gasteiger partial charge is 0.466 e. The summed E-state index contributed by atoms with van der Waals surface area (Å²) in [4.78, 5) is 24.4. The van der Waals surface area contributed by atoms with Crippen molar-refractivity contribution >= 4 is 11.9 Å². The first-order valence-corrected chi connectivity index (χ1v) is 26.8. The van der Waals surface area contributed by atoms with Gasteiger partial charge in [0, 0.05) is 12.8 Å². The number of nitrogens with one attached hydrogen (secondary N) is 1. The summed E-state index contributed by atoms with van der Waals surface area (Å²) in [6.07, 6.45) is 61.6. The van der Waals surface area contributed by atoms with Gasteiger partial charge in [-0.05, 0) is 83.5 Å². The molecule has 358 valence electrons. The van der Waals surface area contributed by atoms with E-state index < -0.39 is 12.1 Å². The highest BCUT2D eigenvalue weighted by Gasteiger charge is 2.18. The maximum atomic E-state index is 12.4. The zero-order valence-corrected chi connectivity index (χ0v) is 40.6. The molecule has 0 aromatic carbocycles. The molecule has 6 heteroatoms. The van der Waals surface area contributed by atoms with E-state index in [9.17, 15) is 19.8 Å². The monoisotopic (exact) mass is 858 g/mol. The lowest BCUT2D eigenvalue weighted by molar-refractivity contribution is -0.143. The number of rotatable bonds is 49. The van der Waals surface area contributed by atoms with Crippen molar-refractivity contribution in [3.63, 3.8) is 0 Å². The van der Waals surface area contributed by atoms with Crippen LogP contribution in [0, 0.1) is 0 Å². The van der Waals surface area contributed by atoms with Crippen LogP contribution in [0.4, 0.5) is 0 Å². The molecular weight excluding hydrogens is 755 g/mol. The van der Waals surface area contributed by atoms with Gasteiger partial charge in [-0.3, -0.25) is 9.59 Å². The average Bonchev–Trinajstić information content (AvgIpc) is 3.26. The van der Waals surface area contributed by atoms with Gasteiger partial charge >= 0.3 is 5.97 Å². The fourth-order valence-electron chi connectivity index (χ4n) is 7.97. The number of hydrogen-bond donors (Lipinski definition) is 3. The zero-order chi connectivity index (χ0) is 44.4. The zero-order valence-electron chi connectivity index (χ0n) is 40.6. The first kappa shape index (κ1) is 59.1. The Morgan fingerprint density at radius 1 is 0.443 bits per heavy atom. The quantitative estimate of drug-likeness (QED) is 0.0322. The normalized spacial score (nSPS) is 12.9. The Balaban J connectivity index is 3.44. The third kappa shape index (κ3) is 47.4. The number of aliphatic hydroxyl groups excluding tert-OH is 2. The molecule has 0 heterocycles. The van der Waals surface area contributed by atoms with Crippen molar-refractivity contribution < 1.29 is 24.5 Å². The highest BCUT2D eigenvalue weighted by molar-refractivity contribution is 5.76. The summed E-state index contributed by atoms with van der Waals surface area (Å²) in [5.41, 5.74) is 0. The van der Waals surface area contributed by atoms with Gasteiger partial charge in [-0.1, -0.05) is 217 Å². The van der Waals surface area contributed by atoms with Gasteiger partial charge in [0.25, 0.3) is 0 Å². The van der Waals surface area contributed by atoms with Gasteiger partial charge in [0.05, 0.1) is 25.4 Å². The van der Waals surface area contributed by atoms with E-state index in [0.29, 0.717) is 19.4 Å². The Kier molecular flexibility index (Phi) is 49.1. The fraction of sp³-hybridized carbons (Fsp3) is 0.855. The van der Waals surface area contributed by atoms with Crippen molar-refractivity contribution in [1.29, 1.82) is 0 Å². The van der Waals surface area contributed by atoms with Crippen LogP contribution in [0.25, 0.3) is 0 Å². The summed E-state index contributed by atoms with van der Waals surface area (Å²) >= 11 is 0. The first-order valence-electron chi connectivity index (χ1n) is 26.8. The molecule has 0 aliphatic heterocycles. The Morgan fingerprint density at radius 2 is 0.770 bits per heavy atom. The molecule has 3 N–H and O–H groups in total. The summed E-state index contributed by atoms with van der Waals surface area (Å²) in [6, 6.07) is -0.635. The number of hydrogen-bond acceptors (Lipinski definition) is 5. The second-order valence-electron chi connectivity index (χ2n) is 18.2. The van der Waals surface area contributed by atoms with Crippen LogP contribution in [-0.4, -0.2) is 47.4 Å². The highest BCUT2D eigenvalue weighted by atomic mass is 16.5. The Hall–Kier alpha value is -1.92. The minimum absolute atomic E-state index is 0.00647. The van der Waals surface area contributed by atoms with Gasteiger partial charge in [-0.15, -0.1) is 0 Å². The minimum Gasteiger partial charge on any atom is -0.466 e. The predicted octanol–water partition coefficient (Wildman–Crippen LogP) is 16.1. The number of carbonyl (C=O) groups is 2. The van der Waals surface area contributed by atoms with Crippen LogP contribution < -0.4 is 5.32 Å². The standard InChI is InChI=1S/C55H103NO5/c1-3-5-7-9-11-13-14-15-16-17-20-23-26-29-33-37-41-45-49-55(60)61-50-46-42-38-34-30-27-24-21-18-19-22-25-28-32-36-40-44-48-54(59)56-52(51-57)53(58)47-43-39-35-31-12-10-8-6-4-2/h16-18,21,43,47,52-53,57-58H,3-15,19-20,22-42,44-46,48-51H2,1-2H3,(H,56,59)/b17-16-,21-18-,47-43+. The number of unbranched alkanes of at least 4 members (excludes halogenated alkanes) is 34. The van der Waals surface area contributed by atoms with Gasteiger partial charge in [-0.2, -0.15) is 0 Å². The maximum Gasteiger partial charge on any atom is 0.305 e. The van der Waals surface area contributed by atoms with E-state index in [4.69, 9.17) is 4.74 Å². The van der Waals surface area contributed by atoms with E-state index in [1.54, 1.807) is 6.08 Å². The molecule has 0 saturated heterocycles. The van der Waals surface area contributed by atoms with Crippen LogP contribution in [0.1, 0.15) is 277 Å². The van der Waals surface area contributed by atoms with E-state index in [-0.39, 0.29) is 18.5 Å². The van der Waals surface area contributed by atoms with Crippen LogP contribution in [0.15, 0.2) is 36.5 Å². The van der Waals surface area contributed by atoms with Crippen molar-refractivity contribution in [2.75, 3.05) is 13.2 Å². The van der Waals surface area contributed by atoms with E-state index in [1.165, 1.54) is 193 Å². The molecule has 0 fully saturated rings. The van der Waals surface area contributed by atoms with Crippen molar-refractivity contribution in [1.82, 2.24) is 5.32 Å². The summed E-state index contributed by atoms with van der Waals surface area (Å²) in [7, 11) is 0. The van der Waals surface area contributed by atoms with Gasteiger partial charge < -0.3 is 20.3 Å². The molecule has 0 aliphatic rings. The molecule has 0 spiro atoms.